The minimum Gasteiger partial charge on any atom is -0.481 e. The zero-order valence-electron chi connectivity index (χ0n) is 29.8. The van der Waals surface area contributed by atoms with Gasteiger partial charge in [0.1, 0.15) is 0 Å². The maximum absolute atomic E-state index is 13.5. The Balaban J connectivity index is 0.000000174. The van der Waals surface area contributed by atoms with Gasteiger partial charge in [0.2, 0.25) is 43.8 Å². The van der Waals surface area contributed by atoms with Gasteiger partial charge in [0, 0.05) is 70.2 Å². The smallest absolute Gasteiger partial charge is 0.238 e. The van der Waals surface area contributed by atoms with E-state index >= 15 is 0 Å². The number of benzene rings is 4. The van der Waals surface area contributed by atoms with Crippen LogP contribution in [0.25, 0.3) is 44.1 Å². The molecule has 0 amide bonds. The van der Waals surface area contributed by atoms with Crippen LogP contribution >= 0.6 is 0 Å². The van der Waals surface area contributed by atoms with Crippen molar-refractivity contribution >= 4 is 65.1 Å². The first-order valence-electron chi connectivity index (χ1n) is 16.8. The zero-order valence-corrected chi connectivity index (χ0v) is 31.4. The van der Waals surface area contributed by atoms with E-state index in [1.165, 1.54) is 36.5 Å². The summed E-state index contributed by atoms with van der Waals surface area (Å²) < 4.78 is 64.2. The summed E-state index contributed by atoms with van der Waals surface area (Å²) in [6.45, 7) is 0. The van der Waals surface area contributed by atoms with E-state index in [2.05, 4.69) is 40.5 Å². The highest BCUT2D eigenvalue weighted by Crippen LogP contribution is 2.31. The lowest BCUT2D eigenvalue weighted by atomic mass is 10.0. The predicted octanol–water partition coefficient (Wildman–Crippen LogP) is 6.31. The molecule has 0 saturated carbocycles. The molecule has 8 aromatic rings. The van der Waals surface area contributed by atoms with Crippen molar-refractivity contribution in [1.29, 1.82) is 0 Å². The van der Waals surface area contributed by atoms with E-state index in [0.717, 1.165) is 33.0 Å². The fourth-order valence-corrected chi connectivity index (χ4v) is 6.70. The van der Waals surface area contributed by atoms with Gasteiger partial charge in [0.15, 0.2) is 0 Å². The number of nitrogens with zero attached hydrogens (tertiary/aromatic N) is 6. The summed E-state index contributed by atoms with van der Waals surface area (Å²) in [5.74, 6) is 0.644. The van der Waals surface area contributed by atoms with Gasteiger partial charge in [-0.15, -0.1) is 0 Å². The van der Waals surface area contributed by atoms with Gasteiger partial charge in [-0.25, -0.2) is 57.0 Å². The third kappa shape index (κ3) is 9.11. The van der Waals surface area contributed by atoms with Crippen LogP contribution < -0.4 is 25.6 Å². The number of aromatic nitrogens is 6. The highest BCUT2D eigenvalue weighted by molar-refractivity contribution is 7.89. The number of primary sulfonamides is 2. The molecule has 0 aliphatic carbocycles. The number of pyridine rings is 2. The van der Waals surface area contributed by atoms with Gasteiger partial charge in [0.25, 0.3) is 0 Å². The fraction of sp³-hybridized carbons (Fsp3) is 0.0256. The van der Waals surface area contributed by atoms with Gasteiger partial charge in [0.05, 0.1) is 27.9 Å². The van der Waals surface area contributed by atoms with Crippen molar-refractivity contribution in [2.75, 3.05) is 17.7 Å². The third-order valence-electron chi connectivity index (χ3n) is 8.39. The number of halogens is 1. The van der Waals surface area contributed by atoms with Crippen LogP contribution in [0.3, 0.4) is 0 Å². The lowest BCUT2D eigenvalue weighted by molar-refractivity contribution is 0.398. The summed E-state index contributed by atoms with van der Waals surface area (Å²) in [6.07, 6.45) is 6.47. The van der Waals surface area contributed by atoms with Crippen molar-refractivity contribution in [1.82, 2.24) is 29.9 Å². The Morgan fingerprint density at radius 1 is 0.579 bits per heavy atom. The number of sulfonamides is 2. The maximum atomic E-state index is 13.5. The Morgan fingerprint density at radius 2 is 1.04 bits per heavy atom. The molecule has 0 aliphatic rings. The molecule has 8 rings (SSSR count). The second-order valence-electron chi connectivity index (χ2n) is 12.2. The van der Waals surface area contributed by atoms with Crippen LogP contribution in [0.2, 0.25) is 0 Å². The Kier molecular flexibility index (Phi) is 10.8. The van der Waals surface area contributed by atoms with Crippen LogP contribution in [-0.4, -0.2) is 53.8 Å². The molecule has 6 N–H and O–H groups in total. The molecule has 4 aromatic carbocycles. The van der Waals surface area contributed by atoms with E-state index < -0.39 is 26.0 Å². The molecule has 0 atom stereocenters. The predicted molar refractivity (Wildman–Crippen MR) is 214 cm³/mol. The maximum Gasteiger partial charge on any atom is 0.238 e. The number of ether oxygens (including phenoxy) is 1. The van der Waals surface area contributed by atoms with Gasteiger partial charge in [-0.3, -0.25) is 0 Å². The number of nitrogens with one attached hydrogen (secondary N) is 2. The molecule has 0 aliphatic heterocycles. The van der Waals surface area contributed by atoms with Crippen LogP contribution in [-0.2, 0) is 20.0 Å². The van der Waals surface area contributed by atoms with Gasteiger partial charge in [-0.05, 0) is 71.8 Å². The average molecular weight is 803 g/mol. The Bertz CT molecular complexity index is 2980. The molecule has 57 heavy (non-hydrogen) atoms. The Morgan fingerprint density at radius 3 is 1.47 bits per heavy atom. The van der Waals surface area contributed by atoms with Gasteiger partial charge in [-0.1, -0.05) is 36.4 Å². The Hall–Kier alpha value is -6.99. The monoisotopic (exact) mass is 802 g/mol. The van der Waals surface area contributed by atoms with Crippen molar-refractivity contribution in [2.45, 2.75) is 9.79 Å². The molecule has 286 valence electrons. The highest BCUT2D eigenvalue weighted by Gasteiger charge is 2.12. The first kappa shape index (κ1) is 38.3. The van der Waals surface area contributed by atoms with Crippen molar-refractivity contribution in [3.05, 3.63) is 140 Å². The molecule has 0 fully saturated rings. The summed E-state index contributed by atoms with van der Waals surface area (Å²) in [7, 11) is -5.92. The number of fused-ring (bicyclic) bond motifs is 2. The van der Waals surface area contributed by atoms with E-state index in [4.69, 9.17) is 15.0 Å². The van der Waals surface area contributed by atoms with E-state index in [0.29, 0.717) is 40.2 Å². The fourth-order valence-electron chi connectivity index (χ4n) is 5.67. The number of anilines is 4. The molecule has 0 unspecified atom stereocenters. The molecule has 4 aromatic heterocycles. The van der Waals surface area contributed by atoms with Gasteiger partial charge in [-0.2, -0.15) is 4.39 Å². The van der Waals surface area contributed by atoms with Crippen LogP contribution in [0, 0.1) is 5.95 Å². The van der Waals surface area contributed by atoms with E-state index in [1.54, 1.807) is 56.0 Å². The largest absolute Gasteiger partial charge is 0.481 e. The summed E-state index contributed by atoms with van der Waals surface area (Å²) >= 11 is 0. The summed E-state index contributed by atoms with van der Waals surface area (Å²) in [6, 6.07) is 30.1. The van der Waals surface area contributed by atoms with E-state index in [1.807, 2.05) is 48.5 Å². The lowest BCUT2D eigenvalue weighted by Crippen LogP contribution is -2.11. The van der Waals surface area contributed by atoms with Crippen molar-refractivity contribution in [3.8, 4) is 28.1 Å². The summed E-state index contributed by atoms with van der Waals surface area (Å²) in [4.78, 5) is 25.6. The van der Waals surface area contributed by atoms with Gasteiger partial charge < -0.3 is 15.4 Å². The van der Waals surface area contributed by atoms with Crippen LogP contribution in [0.1, 0.15) is 0 Å². The molecular formula is C39H31FN10O5S2. The number of nitrogens with two attached hydrogens (primary N) is 2. The normalized spacial score (nSPS) is 11.4. The number of hydrogen-bond acceptors (Lipinski definition) is 13. The molecule has 0 radical (unpaired) electrons. The molecule has 4 heterocycles. The standard InChI is InChI=1S/C20H17N5O3S.C19H14FN5O2S/c1-28-18-11-13(9-10-22-18)17-4-2-3-14-12-23-20(25-19(14)17)24-15-5-7-16(8-6-15)29(21,26)27;20-17-10-12(8-9-22-17)16-3-1-2-13-11-23-19(25-18(13)16)24-14-4-6-15(7-5-14)28(21,26)27/h2-12H,1H3,(H2,21,26,27)(H,23,24,25);1-11H,(H2,21,26,27)(H,23,24,25). The first-order valence-corrected chi connectivity index (χ1v) is 19.9. The second kappa shape index (κ2) is 16.0. The minimum atomic E-state index is -3.76. The number of hydrogen-bond donors (Lipinski definition) is 4. The quantitative estimate of drug-likeness (QED) is 0.117. The van der Waals surface area contributed by atoms with Crippen LogP contribution in [0.4, 0.5) is 27.7 Å². The molecule has 0 saturated heterocycles. The van der Waals surface area contributed by atoms with Crippen molar-refractivity contribution in [3.63, 3.8) is 0 Å². The van der Waals surface area contributed by atoms with Gasteiger partial charge >= 0.3 is 0 Å². The van der Waals surface area contributed by atoms with E-state index in [9.17, 15) is 21.2 Å². The highest BCUT2D eigenvalue weighted by atomic mass is 32.2. The summed E-state index contributed by atoms with van der Waals surface area (Å²) in [5.41, 5.74) is 5.88. The molecule has 0 spiro atoms. The van der Waals surface area contributed by atoms with Crippen molar-refractivity contribution in [2.24, 2.45) is 10.3 Å². The zero-order chi connectivity index (χ0) is 40.2. The average Bonchev–Trinajstić information content (AvgIpc) is 3.20. The first-order chi connectivity index (χ1) is 27.3. The molecule has 15 nitrogen and oxygen atoms in total. The molecule has 18 heteroatoms. The van der Waals surface area contributed by atoms with Crippen LogP contribution in [0.15, 0.2) is 144 Å². The second-order valence-corrected chi connectivity index (χ2v) is 15.3. The van der Waals surface area contributed by atoms with E-state index in [-0.39, 0.29) is 9.79 Å². The SMILES string of the molecule is COc1cc(-c2cccc3cnc(Nc4ccc(S(N)(=O)=O)cc4)nc23)ccn1.NS(=O)(=O)c1ccc(Nc2ncc3cccc(-c4ccnc(F)c4)c3n2)cc1. The number of para-hydroxylation sites is 2. The van der Waals surface area contributed by atoms with Crippen LogP contribution in [0.5, 0.6) is 5.88 Å². The third-order valence-corrected chi connectivity index (χ3v) is 10.3. The minimum absolute atomic E-state index is 0.0134. The topological polar surface area (TPSA) is 231 Å². The number of rotatable bonds is 9. The lowest BCUT2D eigenvalue weighted by Gasteiger charge is -2.10. The Labute approximate surface area is 325 Å². The molecule has 0 bridgehead atoms. The number of methoxy groups -OCH3 is 1. The molecular weight excluding hydrogens is 772 g/mol. The van der Waals surface area contributed by atoms with Crippen molar-refractivity contribution < 1.29 is 26.0 Å². The summed E-state index contributed by atoms with van der Waals surface area (Å²) in [5, 5.41) is 18.0.